The third-order valence-corrected chi connectivity index (χ3v) is 5.59. The van der Waals surface area contributed by atoms with Crippen LogP contribution in [0.5, 0.6) is 11.5 Å². The molecule has 0 saturated carbocycles. The number of hydrogen-bond donors (Lipinski definition) is 1. The van der Waals surface area contributed by atoms with Crippen LogP contribution in [0.1, 0.15) is 15.9 Å². The molecular weight excluding hydrogens is 356 g/mol. The van der Waals surface area contributed by atoms with E-state index in [9.17, 15) is 13.2 Å². The number of carbonyl (C=O) groups is 1. The van der Waals surface area contributed by atoms with Gasteiger partial charge >= 0.3 is 0 Å². The first-order valence-corrected chi connectivity index (χ1v) is 9.25. The standard InChI is InChI=1S/C18H22N2O5S/c1-20(2)26(22,23)15-7-5-6-14(11-15)18(21)19-12-13-8-9-16(24-3)17(10-13)25-4/h5-11H,12H2,1-4H3,(H,19,21). The Morgan fingerprint density at radius 2 is 1.73 bits per heavy atom. The summed E-state index contributed by atoms with van der Waals surface area (Å²) in [6, 6.07) is 11.3. The first-order valence-electron chi connectivity index (χ1n) is 7.81. The Labute approximate surface area is 153 Å². The van der Waals surface area contributed by atoms with Gasteiger partial charge in [0.25, 0.3) is 5.91 Å². The van der Waals surface area contributed by atoms with Crippen molar-refractivity contribution in [2.45, 2.75) is 11.4 Å². The lowest BCUT2D eigenvalue weighted by Gasteiger charge is -2.13. The molecule has 2 aromatic carbocycles. The van der Waals surface area contributed by atoms with Gasteiger partial charge in [0.2, 0.25) is 10.0 Å². The quantitative estimate of drug-likeness (QED) is 0.795. The van der Waals surface area contributed by atoms with E-state index in [1.807, 2.05) is 6.07 Å². The maximum Gasteiger partial charge on any atom is 0.251 e. The van der Waals surface area contributed by atoms with Gasteiger partial charge in [-0.25, -0.2) is 12.7 Å². The molecule has 0 aliphatic carbocycles. The second-order valence-electron chi connectivity index (χ2n) is 5.69. The highest BCUT2D eigenvalue weighted by Gasteiger charge is 2.18. The number of nitrogens with zero attached hydrogens (tertiary/aromatic N) is 1. The zero-order chi connectivity index (χ0) is 19.3. The van der Waals surface area contributed by atoms with E-state index in [0.29, 0.717) is 11.5 Å². The van der Waals surface area contributed by atoms with Gasteiger partial charge in [0.15, 0.2) is 11.5 Å². The molecule has 0 aliphatic heterocycles. The van der Waals surface area contributed by atoms with Gasteiger partial charge < -0.3 is 14.8 Å². The fraction of sp³-hybridized carbons (Fsp3) is 0.278. The largest absolute Gasteiger partial charge is 0.493 e. The summed E-state index contributed by atoms with van der Waals surface area (Å²) in [6.45, 7) is 0.268. The van der Waals surface area contributed by atoms with E-state index >= 15 is 0 Å². The van der Waals surface area contributed by atoms with E-state index in [2.05, 4.69) is 5.32 Å². The van der Waals surface area contributed by atoms with Crippen LogP contribution in [-0.4, -0.2) is 46.9 Å². The van der Waals surface area contributed by atoms with Gasteiger partial charge in [-0.2, -0.15) is 0 Å². The van der Waals surface area contributed by atoms with Crippen LogP contribution in [0.2, 0.25) is 0 Å². The number of hydrogen-bond acceptors (Lipinski definition) is 5. The summed E-state index contributed by atoms with van der Waals surface area (Å²) in [4.78, 5) is 12.4. The van der Waals surface area contributed by atoms with Crippen LogP contribution in [0.3, 0.4) is 0 Å². The summed E-state index contributed by atoms with van der Waals surface area (Å²) in [5.74, 6) is 0.804. The molecule has 8 heteroatoms. The molecule has 0 saturated heterocycles. The van der Waals surface area contributed by atoms with Crippen molar-refractivity contribution >= 4 is 15.9 Å². The van der Waals surface area contributed by atoms with E-state index in [-0.39, 0.29) is 22.9 Å². The number of amides is 1. The van der Waals surface area contributed by atoms with Crippen LogP contribution in [0.15, 0.2) is 47.4 Å². The Morgan fingerprint density at radius 3 is 2.35 bits per heavy atom. The van der Waals surface area contributed by atoms with Crippen LogP contribution in [0.4, 0.5) is 0 Å². The topological polar surface area (TPSA) is 84.9 Å². The number of rotatable bonds is 7. The Morgan fingerprint density at radius 1 is 1.04 bits per heavy atom. The molecule has 1 amide bonds. The highest BCUT2D eigenvalue weighted by atomic mass is 32.2. The van der Waals surface area contributed by atoms with Gasteiger partial charge in [0, 0.05) is 26.2 Å². The Kier molecular flexibility index (Phi) is 6.23. The minimum atomic E-state index is -3.59. The number of nitrogens with one attached hydrogen (secondary N) is 1. The summed E-state index contributed by atoms with van der Waals surface area (Å²) < 4.78 is 35.9. The van der Waals surface area contributed by atoms with Gasteiger partial charge in [0.1, 0.15) is 0 Å². The summed E-state index contributed by atoms with van der Waals surface area (Å²) in [6.07, 6.45) is 0. The number of ether oxygens (including phenoxy) is 2. The molecule has 0 bridgehead atoms. The van der Waals surface area contributed by atoms with E-state index in [4.69, 9.17) is 9.47 Å². The molecule has 0 atom stereocenters. The minimum Gasteiger partial charge on any atom is -0.493 e. The first kappa shape index (κ1) is 19.7. The summed E-state index contributed by atoms with van der Waals surface area (Å²) in [5, 5.41) is 2.77. The van der Waals surface area contributed by atoms with Crippen LogP contribution >= 0.6 is 0 Å². The van der Waals surface area contributed by atoms with Crippen molar-refractivity contribution in [1.29, 1.82) is 0 Å². The maximum absolute atomic E-state index is 12.4. The highest BCUT2D eigenvalue weighted by Crippen LogP contribution is 2.27. The molecule has 2 rings (SSSR count). The van der Waals surface area contributed by atoms with Crippen molar-refractivity contribution in [2.75, 3.05) is 28.3 Å². The van der Waals surface area contributed by atoms with Crippen molar-refractivity contribution in [2.24, 2.45) is 0 Å². The fourth-order valence-corrected chi connectivity index (χ4v) is 3.23. The minimum absolute atomic E-state index is 0.0706. The highest BCUT2D eigenvalue weighted by molar-refractivity contribution is 7.89. The lowest BCUT2D eigenvalue weighted by molar-refractivity contribution is 0.0950. The third kappa shape index (κ3) is 4.33. The molecule has 0 radical (unpaired) electrons. The Bertz CT molecular complexity index is 894. The summed E-state index contributed by atoms with van der Waals surface area (Å²) in [7, 11) is 2.38. The molecule has 0 spiro atoms. The average Bonchev–Trinajstić information content (AvgIpc) is 2.65. The van der Waals surface area contributed by atoms with Gasteiger partial charge in [-0.15, -0.1) is 0 Å². The molecule has 26 heavy (non-hydrogen) atoms. The lowest BCUT2D eigenvalue weighted by Crippen LogP contribution is -2.25. The van der Waals surface area contributed by atoms with Crippen molar-refractivity contribution in [3.05, 3.63) is 53.6 Å². The molecule has 0 aromatic heterocycles. The van der Waals surface area contributed by atoms with Crippen LogP contribution in [-0.2, 0) is 16.6 Å². The van der Waals surface area contributed by atoms with Crippen molar-refractivity contribution in [3.8, 4) is 11.5 Å². The molecule has 0 heterocycles. The second kappa shape index (κ2) is 8.20. The first-order chi connectivity index (χ1) is 12.3. The average molecular weight is 378 g/mol. The van der Waals surface area contributed by atoms with Gasteiger partial charge in [0.05, 0.1) is 19.1 Å². The molecule has 0 unspecified atom stereocenters. The molecule has 0 aliphatic rings. The zero-order valence-electron chi connectivity index (χ0n) is 15.1. The van der Waals surface area contributed by atoms with Gasteiger partial charge in [-0.1, -0.05) is 12.1 Å². The van der Waals surface area contributed by atoms with Crippen LogP contribution in [0, 0.1) is 0 Å². The monoisotopic (exact) mass is 378 g/mol. The summed E-state index contributed by atoms with van der Waals surface area (Å²) in [5.41, 5.74) is 1.10. The number of benzene rings is 2. The normalized spacial score (nSPS) is 11.3. The molecule has 0 fully saturated rings. The maximum atomic E-state index is 12.4. The van der Waals surface area contributed by atoms with Gasteiger partial charge in [-0.05, 0) is 35.9 Å². The molecular formula is C18H22N2O5S. The van der Waals surface area contributed by atoms with E-state index < -0.39 is 10.0 Å². The zero-order valence-corrected chi connectivity index (χ0v) is 16.0. The predicted octanol–water partition coefficient (Wildman–Crippen LogP) is 1.88. The van der Waals surface area contributed by atoms with Crippen LogP contribution in [0.25, 0.3) is 0 Å². The molecule has 140 valence electrons. The number of carbonyl (C=O) groups excluding carboxylic acids is 1. The van der Waals surface area contributed by atoms with Crippen molar-refractivity contribution in [1.82, 2.24) is 9.62 Å². The van der Waals surface area contributed by atoms with Gasteiger partial charge in [-0.3, -0.25) is 4.79 Å². The Balaban J connectivity index is 2.14. The molecule has 2 aromatic rings. The fourth-order valence-electron chi connectivity index (χ4n) is 2.28. The summed E-state index contributed by atoms with van der Waals surface area (Å²) >= 11 is 0. The Hall–Kier alpha value is -2.58. The third-order valence-electron chi connectivity index (χ3n) is 3.78. The SMILES string of the molecule is COc1ccc(CNC(=O)c2cccc(S(=O)(=O)N(C)C)c2)cc1OC. The molecule has 7 nitrogen and oxygen atoms in total. The smallest absolute Gasteiger partial charge is 0.251 e. The van der Waals surface area contributed by atoms with E-state index in [1.54, 1.807) is 31.4 Å². The van der Waals surface area contributed by atoms with Crippen molar-refractivity contribution < 1.29 is 22.7 Å². The van der Waals surface area contributed by atoms with Crippen molar-refractivity contribution in [3.63, 3.8) is 0 Å². The lowest BCUT2D eigenvalue weighted by atomic mass is 10.1. The predicted molar refractivity (Wildman–Crippen MR) is 98.0 cm³/mol. The van der Waals surface area contributed by atoms with E-state index in [1.165, 1.54) is 33.3 Å². The number of methoxy groups -OCH3 is 2. The van der Waals surface area contributed by atoms with E-state index in [0.717, 1.165) is 9.87 Å². The second-order valence-corrected chi connectivity index (χ2v) is 7.84. The van der Waals surface area contributed by atoms with Crippen LogP contribution < -0.4 is 14.8 Å². The number of sulfonamides is 1. The molecule has 1 N–H and O–H groups in total.